The summed E-state index contributed by atoms with van der Waals surface area (Å²) in [4.78, 5) is 29.6. The Hall–Kier alpha value is -2.37. The molecule has 0 spiro atoms. The van der Waals surface area contributed by atoms with Crippen molar-refractivity contribution in [2.24, 2.45) is 5.92 Å². The van der Waals surface area contributed by atoms with E-state index >= 15 is 0 Å². The Bertz CT molecular complexity index is 669. The number of likely N-dealkylation sites (tertiary alicyclic amines) is 1. The number of aromatic nitrogens is 1. The van der Waals surface area contributed by atoms with E-state index in [1.54, 1.807) is 11.8 Å². The first-order valence-corrected chi connectivity index (χ1v) is 8.01. The summed E-state index contributed by atoms with van der Waals surface area (Å²) in [6.07, 6.45) is 2.04. The quantitative estimate of drug-likeness (QED) is 0.932. The first-order valence-electron chi connectivity index (χ1n) is 8.01. The van der Waals surface area contributed by atoms with E-state index in [1.807, 2.05) is 24.3 Å². The zero-order chi connectivity index (χ0) is 16.2. The van der Waals surface area contributed by atoms with Crippen LogP contribution in [-0.2, 0) is 16.0 Å². The minimum absolute atomic E-state index is 0.00534. The lowest BCUT2D eigenvalue weighted by Gasteiger charge is -2.30. The number of hydrogen-bond acceptors (Lipinski definition) is 4. The van der Waals surface area contributed by atoms with E-state index in [2.05, 4.69) is 10.3 Å². The summed E-state index contributed by atoms with van der Waals surface area (Å²) in [5.41, 5.74) is 1.61. The number of carbonyl (C=O) groups is 2. The van der Waals surface area contributed by atoms with Crippen molar-refractivity contribution in [3.05, 3.63) is 30.2 Å². The van der Waals surface area contributed by atoms with Crippen LogP contribution in [0.5, 0.6) is 0 Å². The number of hydrogen-bond donors (Lipinski definition) is 1. The van der Waals surface area contributed by atoms with Crippen LogP contribution in [0.1, 0.15) is 25.7 Å². The van der Waals surface area contributed by atoms with Gasteiger partial charge in [-0.1, -0.05) is 12.1 Å². The van der Waals surface area contributed by atoms with Crippen molar-refractivity contribution < 1.29 is 14.0 Å². The summed E-state index contributed by atoms with van der Waals surface area (Å²) < 4.78 is 5.63. The molecule has 0 aliphatic carbocycles. The molecule has 6 nitrogen and oxygen atoms in total. The molecule has 2 amide bonds. The molecule has 0 saturated carbocycles. The molecule has 3 rings (SSSR count). The molecule has 1 aromatic heterocycles. The van der Waals surface area contributed by atoms with E-state index in [0.29, 0.717) is 31.9 Å². The van der Waals surface area contributed by atoms with E-state index in [-0.39, 0.29) is 17.7 Å². The maximum Gasteiger partial charge on any atom is 0.223 e. The maximum atomic E-state index is 12.2. The number of benzene rings is 1. The van der Waals surface area contributed by atoms with E-state index < -0.39 is 0 Å². The molecule has 1 aliphatic heterocycles. The fraction of sp³-hybridized carbons (Fsp3) is 0.471. The second kappa shape index (κ2) is 6.81. The van der Waals surface area contributed by atoms with Gasteiger partial charge in [-0.15, -0.1) is 0 Å². The molecule has 122 valence electrons. The Morgan fingerprint density at radius 3 is 2.74 bits per heavy atom. The number of fused-ring (bicyclic) bond motifs is 1. The first-order chi connectivity index (χ1) is 11.1. The lowest BCUT2D eigenvalue weighted by atomic mass is 9.96. The normalized spacial score (nSPS) is 15.8. The molecule has 0 unspecified atom stereocenters. The van der Waals surface area contributed by atoms with Crippen LogP contribution in [0, 0.1) is 5.92 Å². The highest BCUT2D eigenvalue weighted by Gasteiger charge is 2.25. The third-order valence-electron chi connectivity index (χ3n) is 4.29. The number of para-hydroxylation sites is 2. The van der Waals surface area contributed by atoms with Crippen molar-refractivity contribution >= 4 is 22.9 Å². The van der Waals surface area contributed by atoms with Gasteiger partial charge in [-0.2, -0.15) is 0 Å². The van der Waals surface area contributed by atoms with Crippen LogP contribution in [0.2, 0.25) is 0 Å². The summed E-state index contributed by atoms with van der Waals surface area (Å²) >= 11 is 0. The molecule has 0 radical (unpaired) electrons. The summed E-state index contributed by atoms with van der Waals surface area (Å²) in [7, 11) is 0. The van der Waals surface area contributed by atoms with Crippen LogP contribution in [0.3, 0.4) is 0 Å². The summed E-state index contributed by atoms with van der Waals surface area (Å²) in [5.74, 6) is 0.774. The highest BCUT2D eigenvalue weighted by Crippen LogP contribution is 2.18. The predicted molar refractivity (Wildman–Crippen MR) is 85.7 cm³/mol. The third-order valence-corrected chi connectivity index (χ3v) is 4.29. The second-order valence-electron chi connectivity index (χ2n) is 5.90. The molecule has 1 aromatic carbocycles. The van der Waals surface area contributed by atoms with Crippen LogP contribution in [-0.4, -0.2) is 41.3 Å². The molecular weight excluding hydrogens is 294 g/mol. The lowest BCUT2D eigenvalue weighted by molar-refractivity contribution is -0.133. The van der Waals surface area contributed by atoms with Crippen LogP contribution in [0.25, 0.3) is 11.1 Å². The number of nitrogens with zero attached hydrogens (tertiary/aromatic N) is 2. The van der Waals surface area contributed by atoms with Crippen LogP contribution < -0.4 is 5.32 Å². The van der Waals surface area contributed by atoms with Gasteiger partial charge in [0.15, 0.2) is 11.5 Å². The van der Waals surface area contributed by atoms with Crippen molar-refractivity contribution in [1.29, 1.82) is 0 Å². The number of nitrogens with one attached hydrogen (secondary N) is 1. The Labute approximate surface area is 134 Å². The molecule has 1 saturated heterocycles. The molecule has 2 aromatic rings. The van der Waals surface area contributed by atoms with Crippen molar-refractivity contribution in [2.45, 2.75) is 26.2 Å². The zero-order valence-electron chi connectivity index (χ0n) is 13.2. The average Bonchev–Trinajstić information content (AvgIpc) is 2.97. The average molecular weight is 315 g/mol. The van der Waals surface area contributed by atoms with Gasteiger partial charge < -0.3 is 14.6 Å². The van der Waals surface area contributed by atoms with E-state index in [9.17, 15) is 9.59 Å². The highest BCUT2D eigenvalue weighted by atomic mass is 16.3. The fourth-order valence-corrected chi connectivity index (χ4v) is 2.92. The number of rotatable bonds is 4. The molecular formula is C17H21N3O3. The Morgan fingerprint density at radius 1 is 1.30 bits per heavy atom. The smallest absolute Gasteiger partial charge is 0.223 e. The maximum absolute atomic E-state index is 12.2. The molecule has 1 fully saturated rings. The Balaban J connectivity index is 1.45. The van der Waals surface area contributed by atoms with Gasteiger partial charge in [0.25, 0.3) is 0 Å². The molecule has 6 heteroatoms. The third kappa shape index (κ3) is 3.70. The fourth-order valence-electron chi connectivity index (χ4n) is 2.92. The van der Waals surface area contributed by atoms with Crippen molar-refractivity contribution in [1.82, 2.24) is 15.2 Å². The van der Waals surface area contributed by atoms with Gasteiger partial charge in [0.05, 0.1) is 0 Å². The summed E-state index contributed by atoms with van der Waals surface area (Å²) in [6, 6.07) is 7.62. The van der Waals surface area contributed by atoms with Crippen LogP contribution >= 0.6 is 0 Å². The van der Waals surface area contributed by atoms with E-state index in [1.165, 1.54) is 0 Å². The molecule has 2 heterocycles. The van der Waals surface area contributed by atoms with E-state index in [4.69, 9.17) is 4.42 Å². The first kappa shape index (κ1) is 15.5. The summed E-state index contributed by atoms with van der Waals surface area (Å²) in [5, 5.41) is 2.95. The second-order valence-corrected chi connectivity index (χ2v) is 5.90. The number of oxazole rings is 1. The molecule has 0 bridgehead atoms. The van der Waals surface area contributed by atoms with Crippen molar-refractivity contribution in [3.63, 3.8) is 0 Å². The molecule has 1 N–H and O–H groups in total. The van der Waals surface area contributed by atoms with Gasteiger partial charge in [-0.05, 0) is 25.0 Å². The molecule has 1 aliphatic rings. The summed E-state index contributed by atoms with van der Waals surface area (Å²) in [6.45, 7) is 3.41. The van der Waals surface area contributed by atoms with Crippen molar-refractivity contribution in [3.8, 4) is 0 Å². The molecule has 23 heavy (non-hydrogen) atoms. The zero-order valence-corrected chi connectivity index (χ0v) is 13.2. The minimum atomic E-state index is -0.00534. The topological polar surface area (TPSA) is 75.4 Å². The Morgan fingerprint density at radius 2 is 2.04 bits per heavy atom. The monoisotopic (exact) mass is 315 g/mol. The van der Waals surface area contributed by atoms with Gasteiger partial charge in [-0.3, -0.25) is 9.59 Å². The largest absolute Gasteiger partial charge is 0.441 e. The standard InChI is InChI=1S/C17H21N3O3/c1-12(21)20-10-7-13(8-11-20)17(22)18-9-6-16-19-14-4-2-3-5-15(14)23-16/h2-5,13H,6-11H2,1H3,(H,18,22). The predicted octanol–water partition coefficient (Wildman–Crippen LogP) is 1.75. The van der Waals surface area contributed by atoms with E-state index in [0.717, 1.165) is 23.9 Å². The van der Waals surface area contributed by atoms with Gasteiger partial charge in [0.2, 0.25) is 11.8 Å². The minimum Gasteiger partial charge on any atom is -0.441 e. The highest BCUT2D eigenvalue weighted by molar-refractivity contribution is 5.79. The lowest BCUT2D eigenvalue weighted by Crippen LogP contribution is -2.42. The van der Waals surface area contributed by atoms with Gasteiger partial charge in [0, 0.05) is 38.9 Å². The SMILES string of the molecule is CC(=O)N1CCC(C(=O)NCCc2nc3ccccc3o2)CC1. The van der Waals surface area contributed by atoms with Crippen molar-refractivity contribution in [2.75, 3.05) is 19.6 Å². The van der Waals surface area contributed by atoms with Crippen LogP contribution in [0.4, 0.5) is 0 Å². The van der Waals surface area contributed by atoms with Gasteiger partial charge >= 0.3 is 0 Å². The van der Waals surface area contributed by atoms with Crippen LogP contribution in [0.15, 0.2) is 28.7 Å². The number of piperidine rings is 1. The van der Waals surface area contributed by atoms with Gasteiger partial charge in [0.1, 0.15) is 5.52 Å². The van der Waals surface area contributed by atoms with Gasteiger partial charge in [-0.25, -0.2) is 4.98 Å². The molecule has 0 atom stereocenters. The number of carbonyl (C=O) groups excluding carboxylic acids is 2. The number of amides is 2. The Kier molecular flexibility index (Phi) is 4.60.